The first-order valence-corrected chi connectivity index (χ1v) is 11.1. The maximum absolute atomic E-state index is 11.7. The number of carbonyl (C=O) groups is 3. The molecule has 0 atom stereocenters. The average Bonchev–Trinajstić information content (AvgIpc) is 2.43. The van der Waals surface area contributed by atoms with Crippen LogP contribution in [0.1, 0.15) is 13.8 Å². The quantitative estimate of drug-likeness (QED) is 0.134. The first-order valence-electron chi connectivity index (χ1n) is 7.39. The standard InChI is InChI=1S/C16H24O6Si/c1-6-20-15(18)13(16(19)21-7-2)12-14(17)22-10-8-9-11-23(3,4)5/h12H,6-7,10-11H2,1-5H3. The van der Waals surface area contributed by atoms with Crippen molar-refractivity contribution in [1.82, 2.24) is 0 Å². The van der Waals surface area contributed by atoms with Crippen molar-refractivity contribution in [3.63, 3.8) is 0 Å². The highest BCUT2D eigenvalue weighted by atomic mass is 28.3. The van der Waals surface area contributed by atoms with Crippen LogP contribution in [0.25, 0.3) is 0 Å². The molecule has 0 spiro atoms. The summed E-state index contributed by atoms with van der Waals surface area (Å²) in [6.07, 6.45) is 0.774. The topological polar surface area (TPSA) is 78.9 Å². The summed E-state index contributed by atoms with van der Waals surface area (Å²) in [6.45, 7) is 9.78. The molecular formula is C16H24O6Si. The van der Waals surface area contributed by atoms with Crippen LogP contribution >= 0.6 is 0 Å². The average molecular weight is 340 g/mol. The summed E-state index contributed by atoms with van der Waals surface area (Å²) in [6, 6.07) is 0.803. The van der Waals surface area contributed by atoms with Gasteiger partial charge in [0.15, 0.2) is 12.2 Å². The van der Waals surface area contributed by atoms with Crippen LogP contribution in [0.5, 0.6) is 0 Å². The van der Waals surface area contributed by atoms with Gasteiger partial charge in [-0.2, -0.15) is 0 Å². The summed E-state index contributed by atoms with van der Waals surface area (Å²) in [7, 11) is -1.26. The van der Waals surface area contributed by atoms with Crippen molar-refractivity contribution in [2.45, 2.75) is 39.5 Å². The first-order chi connectivity index (χ1) is 10.7. The summed E-state index contributed by atoms with van der Waals surface area (Å²) in [5.41, 5.74) is -0.492. The van der Waals surface area contributed by atoms with Gasteiger partial charge in [0, 0.05) is 12.1 Å². The molecular weight excluding hydrogens is 316 g/mol. The van der Waals surface area contributed by atoms with Crippen LogP contribution in [0.3, 0.4) is 0 Å². The van der Waals surface area contributed by atoms with Gasteiger partial charge in [0.2, 0.25) is 0 Å². The normalized spacial score (nSPS) is 9.96. The Morgan fingerprint density at radius 3 is 1.87 bits per heavy atom. The molecule has 23 heavy (non-hydrogen) atoms. The highest BCUT2D eigenvalue weighted by molar-refractivity contribution is 6.76. The Kier molecular flexibility index (Phi) is 9.66. The van der Waals surface area contributed by atoms with Crippen molar-refractivity contribution in [3.05, 3.63) is 11.6 Å². The number of hydrogen-bond donors (Lipinski definition) is 0. The van der Waals surface area contributed by atoms with E-state index in [1.54, 1.807) is 13.8 Å². The summed E-state index contributed by atoms with van der Waals surface area (Å²) in [5.74, 6) is 2.99. The van der Waals surface area contributed by atoms with Crippen molar-refractivity contribution in [2.24, 2.45) is 0 Å². The van der Waals surface area contributed by atoms with E-state index in [1.807, 2.05) is 0 Å². The van der Waals surface area contributed by atoms with E-state index in [0.717, 1.165) is 12.1 Å². The number of ether oxygens (including phenoxy) is 3. The highest BCUT2D eigenvalue weighted by Gasteiger charge is 2.22. The molecule has 0 radical (unpaired) electrons. The fraction of sp³-hybridized carbons (Fsp3) is 0.562. The SMILES string of the molecule is CCOC(=O)C(=CC(=O)OCC#CC[Si](C)(C)C)C(=O)OCC. The summed E-state index contributed by atoms with van der Waals surface area (Å²) >= 11 is 0. The van der Waals surface area contributed by atoms with Gasteiger partial charge in [-0.25, -0.2) is 14.4 Å². The molecule has 0 saturated carbocycles. The molecule has 0 aliphatic carbocycles. The Bertz CT molecular complexity index is 499. The second-order valence-corrected chi connectivity index (χ2v) is 11.2. The van der Waals surface area contributed by atoms with Gasteiger partial charge in [0.1, 0.15) is 0 Å². The summed E-state index contributed by atoms with van der Waals surface area (Å²) in [5, 5.41) is 0. The van der Waals surface area contributed by atoms with Gasteiger partial charge in [-0.15, -0.1) is 5.92 Å². The van der Waals surface area contributed by atoms with E-state index >= 15 is 0 Å². The smallest absolute Gasteiger partial charge is 0.345 e. The molecule has 6 nitrogen and oxygen atoms in total. The molecule has 0 aliphatic heterocycles. The van der Waals surface area contributed by atoms with Gasteiger partial charge >= 0.3 is 17.9 Å². The lowest BCUT2D eigenvalue weighted by atomic mass is 10.2. The molecule has 0 heterocycles. The molecule has 0 bridgehead atoms. The largest absolute Gasteiger partial charge is 0.462 e. The predicted molar refractivity (Wildman–Crippen MR) is 88.2 cm³/mol. The number of hydrogen-bond acceptors (Lipinski definition) is 6. The molecule has 0 aromatic carbocycles. The zero-order valence-corrected chi connectivity index (χ0v) is 15.4. The minimum absolute atomic E-state index is 0.0762. The van der Waals surface area contributed by atoms with E-state index in [2.05, 4.69) is 31.5 Å². The van der Waals surface area contributed by atoms with E-state index < -0.39 is 31.6 Å². The third-order valence-corrected chi connectivity index (χ3v) is 3.52. The third kappa shape index (κ3) is 10.3. The summed E-state index contributed by atoms with van der Waals surface area (Å²) in [4.78, 5) is 35.0. The Morgan fingerprint density at radius 2 is 1.43 bits per heavy atom. The van der Waals surface area contributed by atoms with Gasteiger partial charge in [-0.05, 0) is 13.8 Å². The van der Waals surface area contributed by atoms with Gasteiger partial charge < -0.3 is 14.2 Å². The molecule has 0 fully saturated rings. The van der Waals surface area contributed by atoms with Crippen LogP contribution < -0.4 is 0 Å². The molecule has 0 aromatic heterocycles. The molecule has 0 aromatic rings. The van der Waals surface area contributed by atoms with Crippen LogP contribution in [0, 0.1) is 11.8 Å². The molecule has 0 aliphatic rings. The van der Waals surface area contributed by atoms with Gasteiger partial charge in [-0.1, -0.05) is 25.6 Å². The maximum Gasteiger partial charge on any atom is 0.345 e. The van der Waals surface area contributed by atoms with E-state index in [4.69, 9.17) is 14.2 Å². The van der Waals surface area contributed by atoms with Crippen molar-refractivity contribution >= 4 is 26.0 Å². The lowest BCUT2D eigenvalue weighted by Gasteiger charge is -2.09. The lowest BCUT2D eigenvalue weighted by molar-refractivity contribution is -0.148. The second kappa shape index (κ2) is 10.6. The van der Waals surface area contributed by atoms with Crippen LogP contribution in [0.2, 0.25) is 25.7 Å². The van der Waals surface area contributed by atoms with Crippen LogP contribution in [0.15, 0.2) is 11.6 Å². The zero-order valence-electron chi connectivity index (χ0n) is 14.4. The van der Waals surface area contributed by atoms with Gasteiger partial charge in [0.25, 0.3) is 0 Å². The Hall–Kier alpha value is -2.07. The molecule has 0 saturated heterocycles. The van der Waals surface area contributed by atoms with Crippen molar-refractivity contribution < 1.29 is 28.6 Å². The second-order valence-electron chi connectivity index (χ2n) is 5.70. The minimum atomic E-state index is -1.26. The Labute approximate surface area is 138 Å². The monoisotopic (exact) mass is 340 g/mol. The van der Waals surface area contributed by atoms with Crippen LogP contribution in [-0.2, 0) is 28.6 Å². The van der Waals surface area contributed by atoms with E-state index in [9.17, 15) is 14.4 Å². The fourth-order valence-corrected chi connectivity index (χ4v) is 1.92. The third-order valence-electron chi connectivity index (χ3n) is 2.28. The van der Waals surface area contributed by atoms with E-state index in [-0.39, 0.29) is 19.8 Å². The molecule has 0 rings (SSSR count). The van der Waals surface area contributed by atoms with Crippen molar-refractivity contribution in [3.8, 4) is 11.8 Å². The molecule has 0 N–H and O–H groups in total. The van der Waals surface area contributed by atoms with Crippen LogP contribution in [0.4, 0.5) is 0 Å². The van der Waals surface area contributed by atoms with Crippen molar-refractivity contribution in [2.75, 3.05) is 19.8 Å². The molecule has 128 valence electrons. The number of esters is 3. The van der Waals surface area contributed by atoms with Gasteiger partial charge in [-0.3, -0.25) is 0 Å². The Balaban J connectivity index is 4.74. The molecule has 7 heteroatoms. The number of carbonyl (C=O) groups excluding carboxylic acids is 3. The van der Waals surface area contributed by atoms with E-state index in [1.165, 1.54) is 0 Å². The minimum Gasteiger partial charge on any atom is -0.462 e. The van der Waals surface area contributed by atoms with Gasteiger partial charge in [0.05, 0.1) is 21.3 Å². The summed E-state index contributed by atoms with van der Waals surface area (Å²) < 4.78 is 14.3. The maximum atomic E-state index is 11.7. The predicted octanol–water partition coefficient (Wildman–Crippen LogP) is 1.92. The Morgan fingerprint density at radius 1 is 0.913 bits per heavy atom. The van der Waals surface area contributed by atoms with E-state index in [0.29, 0.717) is 0 Å². The first kappa shape index (κ1) is 20.9. The van der Waals surface area contributed by atoms with Crippen molar-refractivity contribution in [1.29, 1.82) is 0 Å². The van der Waals surface area contributed by atoms with Crippen LogP contribution in [-0.4, -0.2) is 45.8 Å². The molecule has 0 amide bonds. The molecule has 0 unspecified atom stereocenters. The number of rotatable bonds is 7. The highest BCUT2D eigenvalue weighted by Crippen LogP contribution is 2.06. The zero-order chi connectivity index (χ0) is 17.9. The lowest BCUT2D eigenvalue weighted by Crippen LogP contribution is -2.20. The fourth-order valence-electron chi connectivity index (χ4n) is 1.26.